The number of esters is 1. The van der Waals surface area contributed by atoms with Crippen LogP contribution in [-0.4, -0.2) is 20.2 Å². The Kier molecular flexibility index (Phi) is 6.75. The lowest BCUT2D eigenvalue weighted by Crippen LogP contribution is -2.11. The van der Waals surface area contributed by atoms with E-state index in [1.165, 1.54) is 0 Å². The fourth-order valence-corrected chi connectivity index (χ4v) is 2.91. The summed E-state index contributed by atoms with van der Waals surface area (Å²) >= 11 is 0. The minimum Gasteiger partial charge on any atom is -0.493 e. The summed E-state index contributed by atoms with van der Waals surface area (Å²) < 4.78 is 22.4. The summed E-state index contributed by atoms with van der Waals surface area (Å²) in [4.78, 5) is 12.3. The second-order valence-electron chi connectivity index (χ2n) is 6.64. The lowest BCUT2D eigenvalue weighted by Gasteiger charge is -2.17. The second kappa shape index (κ2) is 9.65. The second-order valence-corrected chi connectivity index (χ2v) is 6.64. The normalized spacial score (nSPS) is 10.2. The largest absolute Gasteiger partial charge is 0.493 e. The van der Waals surface area contributed by atoms with Crippen molar-refractivity contribution < 1.29 is 23.7 Å². The highest BCUT2D eigenvalue weighted by Crippen LogP contribution is 2.38. The molecule has 0 amide bonds. The molecule has 0 bridgehead atoms. The third kappa shape index (κ3) is 4.81. The number of ether oxygens (including phenoxy) is 4. The van der Waals surface area contributed by atoms with Crippen LogP contribution < -0.4 is 18.9 Å². The van der Waals surface area contributed by atoms with Crippen LogP contribution in [0, 0.1) is 0 Å². The fraction of sp³-hybridized carbons (Fsp3) is 0.160. The number of rotatable bonds is 8. The number of methoxy groups -OCH3 is 2. The van der Waals surface area contributed by atoms with Gasteiger partial charge in [0.2, 0.25) is 0 Å². The molecule has 0 fully saturated rings. The predicted molar refractivity (Wildman–Crippen MR) is 116 cm³/mol. The van der Waals surface area contributed by atoms with Gasteiger partial charge < -0.3 is 18.9 Å². The molecule has 0 aliphatic rings. The van der Waals surface area contributed by atoms with Crippen molar-refractivity contribution in [3.8, 4) is 34.1 Å². The lowest BCUT2D eigenvalue weighted by atomic mass is 10.0. The molecule has 0 unspecified atom stereocenters. The predicted octanol–water partition coefficient (Wildman–Crippen LogP) is 5.43. The molecule has 30 heavy (non-hydrogen) atoms. The van der Waals surface area contributed by atoms with E-state index in [9.17, 15) is 4.79 Å². The maximum absolute atomic E-state index is 12.3. The van der Waals surface area contributed by atoms with Crippen molar-refractivity contribution in [3.05, 3.63) is 84.4 Å². The molecular formula is C25H24O5. The average molecular weight is 404 g/mol. The molecule has 0 saturated heterocycles. The Labute approximate surface area is 176 Å². The van der Waals surface area contributed by atoms with Gasteiger partial charge in [-0.3, -0.25) is 0 Å². The van der Waals surface area contributed by atoms with Crippen LogP contribution in [0.3, 0.4) is 0 Å². The van der Waals surface area contributed by atoms with Gasteiger partial charge in [-0.2, -0.15) is 0 Å². The molecule has 5 heteroatoms. The third-order valence-corrected chi connectivity index (χ3v) is 4.47. The topological polar surface area (TPSA) is 54.0 Å². The zero-order chi connectivity index (χ0) is 21.5. The standard InChI is InChI=1S/C25H24O5/c1-17(2)25(26)30-24-19(16-29-20-10-6-5-7-11-20)9-8-12-21(24)18-13-14-22(27-3)23(15-18)28-4/h5-15H,1,16H2,2-4H3. The Balaban J connectivity index is 2.03. The van der Waals surface area contributed by atoms with Gasteiger partial charge in [-0.25, -0.2) is 4.79 Å². The zero-order valence-electron chi connectivity index (χ0n) is 17.3. The SMILES string of the molecule is C=C(C)C(=O)Oc1c(COc2ccccc2)cccc1-c1ccc(OC)c(OC)c1. The van der Waals surface area contributed by atoms with E-state index in [0.717, 1.165) is 22.4 Å². The molecule has 0 N–H and O–H groups in total. The van der Waals surface area contributed by atoms with E-state index in [-0.39, 0.29) is 6.61 Å². The molecule has 3 aromatic rings. The first-order chi connectivity index (χ1) is 14.5. The fourth-order valence-electron chi connectivity index (χ4n) is 2.91. The number of hydrogen-bond acceptors (Lipinski definition) is 5. The van der Waals surface area contributed by atoms with Crippen molar-refractivity contribution in [3.63, 3.8) is 0 Å². The molecule has 0 radical (unpaired) electrons. The number of carbonyl (C=O) groups is 1. The minimum absolute atomic E-state index is 0.240. The van der Waals surface area contributed by atoms with E-state index in [0.29, 0.717) is 22.8 Å². The van der Waals surface area contributed by atoms with Crippen LogP contribution in [0.4, 0.5) is 0 Å². The van der Waals surface area contributed by atoms with Crippen molar-refractivity contribution in [2.24, 2.45) is 0 Å². The van der Waals surface area contributed by atoms with Gasteiger partial charge in [0.05, 0.1) is 14.2 Å². The lowest BCUT2D eigenvalue weighted by molar-refractivity contribution is -0.130. The van der Waals surface area contributed by atoms with Gasteiger partial charge in [-0.1, -0.05) is 49.0 Å². The first kappa shape index (κ1) is 21.0. The monoisotopic (exact) mass is 404 g/mol. The van der Waals surface area contributed by atoms with Gasteiger partial charge in [-0.15, -0.1) is 0 Å². The molecule has 0 aliphatic heterocycles. The Morgan fingerprint density at radius 1 is 0.900 bits per heavy atom. The highest BCUT2D eigenvalue weighted by molar-refractivity contribution is 5.90. The van der Waals surface area contributed by atoms with Crippen molar-refractivity contribution in [2.75, 3.05) is 14.2 Å². The molecule has 3 aromatic carbocycles. The van der Waals surface area contributed by atoms with Crippen LogP contribution in [0.15, 0.2) is 78.9 Å². The third-order valence-electron chi connectivity index (χ3n) is 4.47. The van der Waals surface area contributed by atoms with Crippen molar-refractivity contribution in [2.45, 2.75) is 13.5 Å². The maximum Gasteiger partial charge on any atom is 0.338 e. The molecule has 3 rings (SSSR count). The van der Waals surface area contributed by atoms with E-state index >= 15 is 0 Å². The summed E-state index contributed by atoms with van der Waals surface area (Å²) in [6, 6.07) is 20.7. The van der Waals surface area contributed by atoms with Gasteiger partial charge >= 0.3 is 5.97 Å². The summed E-state index contributed by atoms with van der Waals surface area (Å²) in [6.45, 7) is 5.54. The molecule has 0 atom stereocenters. The van der Waals surface area contributed by atoms with Crippen molar-refractivity contribution in [1.82, 2.24) is 0 Å². The van der Waals surface area contributed by atoms with Crippen molar-refractivity contribution >= 4 is 5.97 Å². The molecule has 0 heterocycles. The van der Waals surface area contributed by atoms with Crippen LogP contribution in [0.2, 0.25) is 0 Å². The number of para-hydroxylation sites is 2. The first-order valence-electron chi connectivity index (χ1n) is 9.43. The minimum atomic E-state index is -0.496. The Bertz CT molecular complexity index is 1040. The van der Waals surface area contributed by atoms with Gasteiger partial charge in [0.25, 0.3) is 0 Å². The summed E-state index contributed by atoms with van der Waals surface area (Å²) in [7, 11) is 3.16. The van der Waals surface area contributed by atoms with E-state index in [1.807, 2.05) is 66.7 Å². The van der Waals surface area contributed by atoms with E-state index in [4.69, 9.17) is 18.9 Å². The Morgan fingerprint density at radius 3 is 2.30 bits per heavy atom. The summed E-state index contributed by atoms with van der Waals surface area (Å²) in [5.41, 5.74) is 2.60. The quantitative estimate of drug-likeness (QED) is 0.285. The molecule has 154 valence electrons. The Hall–Kier alpha value is -3.73. The average Bonchev–Trinajstić information content (AvgIpc) is 2.78. The number of carbonyl (C=O) groups excluding carboxylic acids is 1. The molecule has 0 aromatic heterocycles. The van der Waals surface area contributed by atoms with E-state index < -0.39 is 5.97 Å². The van der Waals surface area contributed by atoms with Crippen LogP contribution in [-0.2, 0) is 11.4 Å². The maximum atomic E-state index is 12.3. The number of hydrogen-bond donors (Lipinski definition) is 0. The molecule has 0 spiro atoms. The van der Waals surface area contributed by atoms with Crippen LogP contribution in [0.5, 0.6) is 23.0 Å². The number of benzene rings is 3. The van der Waals surface area contributed by atoms with Gasteiger partial charge in [-0.05, 0) is 36.8 Å². The van der Waals surface area contributed by atoms with Crippen molar-refractivity contribution in [1.29, 1.82) is 0 Å². The summed E-state index contributed by atoms with van der Waals surface area (Å²) in [5, 5.41) is 0. The van der Waals surface area contributed by atoms with Gasteiger partial charge in [0, 0.05) is 16.7 Å². The Morgan fingerprint density at radius 2 is 1.63 bits per heavy atom. The van der Waals surface area contributed by atoms with Crippen LogP contribution in [0.25, 0.3) is 11.1 Å². The molecule has 5 nitrogen and oxygen atoms in total. The highest BCUT2D eigenvalue weighted by Gasteiger charge is 2.18. The van der Waals surface area contributed by atoms with Gasteiger partial charge in [0.15, 0.2) is 11.5 Å². The van der Waals surface area contributed by atoms with E-state index in [2.05, 4.69) is 6.58 Å². The highest BCUT2D eigenvalue weighted by atomic mass is 16.5. The molecule has 0 aliphatic carbocycles. The molecule has 0 saturated carbocycles. The summed E-state index contributed by atoms with van der Waals surface area (Å²) in [6.07, 6.45) is 0. The zero-order valence-corrected chi connectivity index (χ0v) is 17.3. The smallest absolute Gasteiger partial charge is 0.338 e. The van der Waals surface area contributed by atoms with Crippen LogP contribution in [0.1, 0.15) is 12.5 Å². The van der Waals surface area contributed by atoms with Gasteiger partial charge in [0.1, 0.15) is 18.1 Å². The summed E-state index contributed by atoms with van der Waals surface area (Å²) in [5.74, 6) is 1.85. The van der Waals surface area contributed by atoms with E-state index in [1.54, 1.807) is 21.1 Å². The van der Waals surface area contributed by atoms with Crippen LogP contribution >= 0.6 is 0 Å². The first-order valence-corrected chi connectivity index (χ1v) is 9.43. The molecular weight excluding hydrogens is 380 g/mol.